The van der Waals surface area contributed by atoms with Gasteiger partial charge < -0.3 is 23.8 Å². The molecule has 1 atom stereocenters. The molecule has 176 valence electrons. The highest BCUT2D eigenvalue weighted by molar-refractivity contribution is 6.24. The molecule has 0 N–H and O–H groups in total. The van der Waals surface area contributed by atoms with E-state index in [-0.39, 0.29) is 18.5 Å². The Balaban J connectivity index is 2.06. The highest BCUT2D eigenvalue weighted by Crippen LogP contribution is 2.33. The molecule has 1 aliphatic rings. The molecular weight excluding hydrogens is 422 g/mol. The Hall–Kier alpha value is -3.48. The summed E-state index contributed by atoms with van der Waals surface area (Å²) in [6.07, 6.45) is 4.12. The molecule has 0 aromatic heterocycles. The number of amides is 1. The molecule has 1 heterocycles. The van der Waals surface area contributed by atoms with Crippen molar-refractivity contribution >= 4 is 23.5 Å². The lowest BCUT2D eigenvalue weighted by Gasteiger charge is -2.34. The van der Waals surface area contributed by atoms with Crippen molar-refractivity contribution in [3.63, 3.8) is 0 Å². The summed E-state index contributed by atoms with van der Waals surface area (Å²) in [5, 5.41) is 0. The van der Waals surface area contributed by atoms with Crippen molar-refractivity contribution < 1.29 is 28.5 Å². The van der Waals surface area contributed by atoms with Crippen LogP contribution in [0.4, 0.5) is 0 Å². The monoisotopic (exact) mass is 453 g/mol. The van der Waals surface area contributed by atoms with E-state index in [4.69, 9.17) is 18.9 Å². The number of rotatable bonds is 8. The minimum absolute atomic E-state index is 0.226. The van der Waals surface area contributed by atoms with E-state index < -0.39 is 6.04 Å². The molecular formula is C26H31NO6. The molecule has 0 spiro atoms. The first-order valence-corrected chi connectivity index (χ1v) is 11.1. The van der Waals surface area contributed by atoms with E-state index in [2.05, 4.69) is 0 Å². The first kappa shape index (κ1) is 24.2. The molecule has 0 saturated carbocycles. The molecule has 33 heavy (non-hydrogen) atoms. The standard InChI is InChI=1S/C26H31NO6/c1-5-33-26(29)22-8-6-7-15-27(22)25(28)21(16-18-9-12-20(30-2)13-10-18)19-11-14-23(31-3)24(17-19)32-4/h9-14,16-17,22H,5-8,15H2,1-4H3. The highest BCUT2D eigenvalue weighted by Gasteiger charge is 2.35. The number of carbonyl (C=O) groups is 2. The average Bonchev–Trinajstić information content (AvgIpc) is 2.87. The van der Waals surface area contributed by atoms with Gasteiger partial charge in [0.2, 0.25) is 0 Å². The third-order valence-corrected chi connectivity index (χ3v) is 5.67. The van der Waals surface area contributed by atoms with Crippen LogP contribution in [0.3, 0.4) is 0 Å². The molecule has 1 amide bonds. The van der Waals surface area contributed by atoms with Crippen molar-refractivity contribution in [2.75, 3.05) is 34.5 Å². The molecule has 7 nitrogen and oxygen atoms in total. The topological polar surface area (TPSA) is 74.3 Å². The second-order valence-corrected chi connectivity index (χ2v) is 7.66. The average molecular weight is 454 g/mol. The van der Waals surface area contributed by atoms with Crippen LogP contribution in [-0.2, 0) is 14.3 Å². The number of carbonyl (C=O) groups excluding carboxylic acids is 2. The lowest BCUT2D eigenvalue weighted by atomic mass is 9.96. The number of methoxy groups -OCH3 is 3. The van der Waals surface area contributed by atoms with Crippen molar-refractivity contribution in [1.29, 1.82) is 0 Å². The summed E-state index contributed by atoms with van der Waals surface area (Å²) in [6.45, 7) is 2.54. The number of likely N-dealkylation sites (tertiary alicyclic amines) is 1. The maximum Gasteiger partial charge on any atom is 0.328 e. The van der Waals surface area contributed by atoms with E-state index >= 15 is 0 Å². The van der Waals surface area contributed by atoms with Gasteiger partial charge in [0, 0.05) is 12.1 Å². The van der Waals surface area contributed by atoms with Gasteiger partial charge in [-0.2, -0.15) is 0 Å². The van der Waals surface area contributed by atoms with Gasteiger partial charge in [-0.25, -0.2) is 4.79 Å². The van der Waals surface area contributed by atoms with Gasteiger partial charge in [-0.1, -0.05) is 18.2 Å². The van der Waals surface area contributed by atoms with Gasteiger partial charge >= 0.3 is 5.97 Å². The largest absolute Gasteiger partial charge is 0.497 e. The molecule has 0 aliphatic carbocycles. The number of ether oxygens (including phenoxy) is 4. The molecule has 7 heteroatoms. The summed E-state index contributed by atoms with van der Waals surface area (Å²) in [7, 11) is 4.72. The zero-order valence-corrected chi connectivity index (χ0v) is 19.6. The predicted octanol–water partition coefficient (Wildman–Crippen LogP) is 4.20. The van der Waals surface area contributed by atoms with Gasteiger partial charge in [-0.05, 0) is 67.7 Å². The minimum Gasteiger partial charge on any atom is -0.497 e. The van der Waals surface area contributed by atoms with Gasteiger partial charge in [0.15, 0.2) is 11.5 Å². The zero-order valence-electron chi connectivity index (χ0n) is 19.6. The van der Waals surface area contributed by atoms with E-state index in [0.717, 1.165) is 24.2 Å². The molecule has 1 aliphatic heterocycles. The van der Waals surface area contributed by atoms with Gasteiger partial charge in [0.25, 0.3) is 5.91 Å². The molecule has 1 fully saturated rings. The number of esters is 1. The van der Waals surface area contributed by atoms with E-state index in [1.807, 2.05) is 36.4 Å². The summed E-state index contributed by atoms with van der Waals surface area (Å²) in [5.74, 6) is 1.23. The molecule has 1 saturated heterocycles. The summed E-state index contributed by atoms with van der Waals surface area (Å²) in [6, 6.07) is 12.2. The zero-order chi connectivity index (χ0) is 23.8. The molecule has 2 aromatic carbocycles. The third-order valence-electron chi connectivity index (χ3n) is 5.67. The lowest BCUT2D eigenvalue weighted by molar-refractivity contribution is -0.154. The Labute approximate surface area is 194 Å². The van der Waals surface area contributed by atoms with Crippen LogP contribution in [-0.4, -0.2) is 57.3 Å². The van der Waals surface area contributed by atoms with Gasteiger partial charge in [-0.15, -0.1) is 0 Å². The van der Waals surface area contributed by atoms with Crippen LogP contribution in [0.25, 0.3) is 11.6 Å². The van der Waals surface area contributed by atoms with Crippen LogP contribution in [0.1, 0.15) is 37.3 Å². The van der Waals surface area contributed by atoms with Crippen molar-refractivity contribution in [2.45, 2.75) is 32.2 Å². The third kappa shape index (κ3) is 5.66. The van der Waals surface area contributed by atoms with Crippen LogP contribution in [0.15, 0.2) is 42.5 Å². The Kier molecular flexibility index (Phi) is 8.35. The second kappa shape index (κ2) is 11.4. The SMILES string of the molecule is CCOC(=O)C1CCCCN1C(=O)C(=Cc1ccc(OC)cc1)c1ccc(OC)c(OC)c1. The first-order valence-electron chi connectivity index (χ1n) is 11.1. The van der Waals surface area contributed by atoms with E-state index in [0.29, 0.717) is 35.6 Å². The van der Waals surface area contributed by atoms with Crippen molar-refractivity contribution in [3.05, 3.63) is 53.6 Å². The predicted molar refractivity (Wildman–Crippen MR) is 126 cm³/mol. The highest BCUT2D eigenvalue weighted by atomic mass is 16.5. The number of hydrogen-bond acceptors (Lipinski definition) is 6. The maximum atomic E-state index is 13.9. The Bertz CT molecular complexity index is 998. The molecule has 0 bridgehead atoms. The number of hydrogen-bond donors (Lipinski definition) is 0. The number of piperidine rings is 1. The van der Waals surface area contributed by atoms with Crippen molar-refractivity contribution in [1.82, 2.24) is 4.90 Å². The maximum absolute atomic E-state index is 13.9. The van der Waals surface area contributed by atoms with Crippen LogP contribution in [0, 0.1) is 0 Å². The first-order chi connectivity index (χ1) is 16.0. The summed E-state index contributed by atoms with van der Waals surface area (Å²) < 4.78 is 21.3. The fourth-order valence-corrected chi connectivity index (χ4v) is 3.95. The number of nitrogens with zero attached hydrogens (tertiary/aromatic N) is 1. The van der Waals surface area contributed by atoms with Gasteiger partial charge in [0.1, 0.15) is 11.8 Å². The van der Waals surface area contributed by atoms with Crippen LogP contribution < -0.4 is 14.2 Å². The van der Waals surface area contributed by atoms with E-state index in [1.54, 1.807) is 45.3 Å². The Morgan fingerprint density at radius 2 is 1.70 bits per heavy atom. The Morgan fingerprint density at radius 3 is 2.33 bits per heavy atom. The lowest BCUT2D eigenvalue weighted by Crippen LogP contribution is -2.48. The van der Waals surface area contributed by atoms with E-state index in [9.17, 15) is 9.59 Å². The molecule has 0 radical (unpaired) electrons. The smallest absolute Gasteiger partial charge is 0.328 e. The van der Waals surface area contributed by atoms with Gasteiger partial charge in [-0.3, -0.25) is 4.79 Å². The molecule has 2 aromatic rings. The van der Waals surface area contributed by atoms with Crippen LogP contribution in [0.5, 0.6) is 17.2 Å². The van der Waals surface area contributed by atoms with Crippen LogP contribution >= 0.6 is 0 Å². The summed E-state index contributed by atoms with van der Waals surface area (Å²) in [4.78, 5) is 28.1. The normalized spacial score (nSPS) is 16.2. The molecule has 1 unspecified atom stereocenters. The number of benzene rings is 2. The second-order valence-electron chi connectivity index (χ2n) is 7.66. The van der Waals surface area contributed by atoms with Crippen LogP contribution in [0.2, 0.25) is 0 Å². The fraction of sp³-hybridized carbons (Fsp3) is 0.385. The van der Waals surface area contributed by atoms with Crippen molar-refractivity contribution in [2.24, 2.45) is 0 Å². The summed E-state index contributed by atoms with van der Waals surface area (Å²) in [5.41, 5.74) is 1.96. The minimum atomic E-state index is -0.592. The summed E-state index contributed by atoms with van der Waals surface area (Å²) >= 11 is 0. The van der Waals surface area contributed by atoms with Gasteiger partial charge in [0.05, 0.1) is 27.9 Å². The van der Waals surface area contributed by atoms with E-state index in [1.165, 1.54) is 0 Å². The molecule has 3 rings (SSSR count). The Morgan fingerprint density at radius 1 is 0.970 bits per heavy atom. The van der Waals surface area contributed by atoms with Crippen molar-refractivity contribution in [3.8, 4) is 17.2 Å². The quantitative estimate of drug-likeness (QED) is 0.339. The fourth-order valence-electron chi connectivity index (χ4n) is 3.95.